The lowest BCUT2D eigenvalue weighted by Gasteiger charge is -2.03. The van der Waals surface area contributed by atoms with Gasteiger partial charge < -0.3 is 5.73 Å². The van der Waals surface area contributed by atoms with Gasteiger partial charge in [-0.3, -0.25) is 5.10 Å². The van der Waals surface area contributed by atoms with Gasteiger partial charge >= 0.3 is 0 Å². The van der Waals surface area contributed by atoms with Gasteiger partial charge in [0, 0.05) is 5.39 Å². The van der Waals surface area contributed by atoms with Crippen molar-refractivity contribution in [1.82, 2.24) is 10.2 Å². The first kappa shape index (κ1) is 9.90. The smallest absolute Gasteiger partial charge is 0.153 e. The third-order valence-electron chi connectivity index (χ3n) is 2.94. The van der Waals surface area contributed by atoms with Crippen molar-refractivity contribution < 1.29 is 0 Å². The fourth-order valence-corrected chi connectivity index (χ4v) is 2.14. The Morgan fingerprint density at radius 3 is 2.65 bits per heavy atom. The largest absolute Gasteiger partial charge is 0.382 e. The Labute approximate surface area is 99.3 Å². The summed E-state index contributed by atoms with van der Waals surface area (Å²) in [6.45, 7) is 0. The first-order valence-electron chi connectivity index (χ1n) is 5.60. The molecule has 3 heteroatoms. The van der Waals surface area contributed by atoms with E-state index < -0.39 is 0 Å². The van der Waals surface area contributed by atoms with Gasteiger partial charge in [0.15, 0.2) is 5.82 Å². The quantitative estimate of drug-likeness (QED) is 0.701. The molecule has 0 unspecified atom stereocenters. The number of rotatable bonds is 2. The van der Waals surface area contributed by atoms with Crippen LogP contribution in [-0.4, -0.2) is 10.2 Å². The van der Waals surface area contributed by atoms with Gasteiger partial charge in [0.2, 0.25) is 0 Å². The Morgan fingerprint density at radius 2 is 1.82 bits per heavy atom. The van der Waals surface area contributed by atoms with E-state index in [1.807, 2.05) is 30.3 Å². The van der Waals surface area contributed by atoms with Crippen molar-refractivity contribution in [1.29, 1.82) is 0 Å². The highest BCUT2D eigenvalue weighted by molar-refractivity contribution is 5.91. The van der Waals surface area contributed by atoms with Crippen molar-refractivity contribution in [3.63, 3.8) is 0 Å². The van der Waals surface area contributed by atoms with Crippen LogP contribution in [0, 0.1) is 0 Å². The standard InChI is InChI=1S/C14H13N3/c15-14-13-11(7-4-8-12(13)16-17-14)9-10-5-2-1-3-6-10/h1-8H,9H2,(H3,15,16,17). The van der Waals surface area contributed by atoms with E-state index in [2.05, 4.69) is 28.4 Å². The average molecular weight is 223 g/mol. The zero-order chi connectivity index (χ0) is 11.7. The molecule has 3 aromatic rings. The van der Waals surface area contributed by atoms with Crippen molar-refractivity contribution in [3.05, 3.63) is 59.7 Å². The molecule has 1 aromatic heterocycles. The summed E-state index contributed by atoms with van der Waals surface area (Å²) in [5.74, 6) is 0.575. The van der Waals surface area contributed by atoms with E-state index in [1.54, 1.807) is 0 Å². The maximum absolute atomic E-state index is 5.89. The minimum absolute atomic E-state index is 0.575. The second-order valence-electron chi connectivity index (χ2n) is 4.11. The van der Waals surface area contributed by atoms with Gasteiger partial charge in [0.05, 0.1) is 5.52 Å². The Bertz CT molecular complexity index is 641. The van der Waals surface area contributed by atoms with E-state index in [-0.39, 0.29) is 0 Å². The average Bonchev–Trinajstić information content (AvgIpc) is 2.74. The minimum Gasteiger partial charge on any atom is -0.382 e. The number of H-pyrrole nitrogens is 1. The Kier molecular flexibility index (Phi) is 2.29. The number of aromatic amines is 1. The molecule has 1 heterocycles. The Balaban J connectivity index is 2.09. The summed E-state index contributed by atoms with van der Waals surface area (Å²) < 4.78 is 0. The van der Waals surface area contributed by atoms with Crippen LogP contribution in [0.25, 0.3) is 10.9 Å². The van der Waals surface area contributed by atoms with Gasteiger partial charge in [-0.1, -0.05) is 42.5 Å². The van der Waals surface area contributed by atoms with Gasteiger partial charge in [-0.15, -0.1) is 0 Å². The molecule has 0 fully saturated rings. The van der Waals surface area contributed by atoms with Crippen molar-refractivity contribution in [2.24, 2.45) is 0 Å². The number of benzene rings is 2. The van der Waals surface area contributed by atoms with Crippen molar-refractivity contribution in [2.75, 3.05) is 5.73 Å². The number of nitrogens with one attached hydrogen (secondary N) is 1. The van der Waals surface area contributed by atoms with Crippen LogP contribution in [-0.2, 0) is 6.42 Å². The van der Waals surface area contributed by atoms with Crippen LogP contribution in [0.4, 0.5) is 5.82 Å². The fourth-order valence-electron chi connectivity index (χ4n) is 2.14. The predicted molar refractivity (Wildman–Crippen MR) is 69.8 cm³/mol. The summed E-state index contributed by atoms with van der Waals surface area (Å²) in [4.78, 5) is 0. The summed E-state index contributed by atoms with van der Waals surface area (Å²) in [7, 11) is 0. The van der Waals surface area contributed by atoms with Gasteiger partial charge in [-0.25, -0.2) is 0 Å². The molecule has 0 aliphatic rings. The first-order valence-corrected chi connectivity index (χ1v) is 5.60. The SMILES string of the molecule is Nc1n[nH]c2cccc(Cc3ccccc3)c12. The maximum atomic E-state index is 5.89. The summed E-state index contributed by atoms with van der Waals surface area (Å²) in [5, 5.41) is 8.03. The highest BCUT2D eigenvalue weighted by Gasteiger charge is 2.07. The molecular formula is C14H13N3. The molecule has 0 atom stereocenters. The van der Waals surface area contributed by atoms with E-state index >= 15 is 0 Å². The normalized spacial score (nSPS) is 10.8. The highest BCUT2D eigenvalue weighted by atomic mass is 15.1. The zero-order valence-corrected chi connectivity index (χ0v) is 9.35. The van der Waals surface area contributed by atoms with Crippen LogP contribution in [0.1, 0.15) is 11.1 Å². The Hall–Kier alpha value is -2.29. The molecule has 3 N–H and O–H groups in total. The maximum Gasteiger partial charge on any atom is 0.153 e. The minimum atomic E-state index is 0.575. The van der Waals surface area contributed by atoms with Gasteiger partial charge in [-0.2, -0.15) is 5.10 Å². The van der Waals surface area contributed by atoms with E-state index in [0.29, 0.717) is 5.82 Å². The van der Waals surface area contributed by atoms with E-state index in [9.17, 15) is 0 Å². The fraction of sp³-hybridized carbons (Fsp3) is 0.0714. The molecular weight excluding hydrogens is 210 g/mol. The molecule has 0 aliphatic heterocycles. The third-order valence-corrected chi connectivity index (χ3v) is 2.94. The van der Waals surface area contributed by atoms with E-state index in [0.717, 1.165) is 17.3 Å². The molecule has 0 bridgehead atoms. The Morgan fingerprint density at radius 1 is 1.00 bits per heavy atom. The van der Waals surface area contributed by atoms with E-state index in [4.69, 9.17) is 5.73 Å². The number of nitrogen functional groups attached to an aromatic ring is 1. The molecule has 17 heavy (non-hydrogen) atoms. The molecule has 3 nitrogen and oxygen atoms in total. The third kappa shape index (κ3) is 1.76. The summed E-state index contributed by atoms with van der Waals surface area (Å²) in [5.41, 5.74) is 9.37. The molecule has 2 aromatic carbocycles. The van der Waals surface area contributed by atoms with Crippen LogP contribution in [0.5, 0.6) is 0 Å². The lowest BCUT2D eigenvalue weighted by atomic mass is 10.0. The highest BCUT2D eigenvalue weighted by Crippen LogP contribution is 2.24. The van der Waals surface area contributed by atoms with Crippen molar-refractivity contribution in [2.45, 2.75) is 6.42 Å². The molecule has 0 spiro atoms. The lowest BCUT2D eigenvalue weighted by molar-refractivity contribution is 1.13. The van der Waals surface area contributed by atoms with Gasteiger partial charge in [0.1, 0.15) is 0 Å². The van der Waals surface area contributed by atoms with E-state index in [1.165, 1.54) is 11.1 Å². The second-order valence-corrected chi connectivity index (χ2v) is 4.11. The lowest BCUT2D eigenvalue weighted by Crippen LogP contribution is -1.91. The number of hydrogen-bond acceptors (Lipinski definition) is 2. The predicted octanol–water partition coefficient (Wildman–Crippen LogP) is 2.74. The summed E-state index contributed by atoms with van der Waals surface area (Å²) in [6.07, 6.45) is 0.877. The number of nitrogens with two attached hydrogens (primary N) is 1. The van der Waals surface area contributed by atoms with Crippen LogP contribution in [0.15, 0.2) is 48.5 Å². The monoisotopic (exact) mass is 223 g/mol. The second kappa shape index (κ2) is 3.94. The zero-order valence-electron chi connectivity index (χ0n) is 9.35. The van der Waals surface area contributed by atoms with Crippen LogP contribution >= 0.6 is 0 Å². The van der Waals surface area contributed by atoms with Gasteiger partial charge in [0.25, 0.3) is 0 Å². The molecule has 0 radical (unpaired) electrons. The molecule has 0 saturated heterocycles. The first-order chi connectivity index (χ1) is 8.34. The summed E-state index contributed by atoms with van der Waals surface area (Å²) in [6, 6.07) is 16.5. The number of anilines is 1. The molecule has 0 amide bonds. The van der Waals surface area contributed by atoms with Crippen molar-refractivity contribution in [3.8, 4) is 0 Å². The van der Waals surface area contributed by atoms with Gasteiger partial charge in [-0.05, 0) is 23.6 Å². The van der Waals surface area contributed by atoms with Crippen molar-refractivity contribution >= 4 is 16.7 Å². The molecule has 84 valence electrons. The number of nitrogens with zero attached hydrogens (tertiary/aromatic N) is 1. The molecule has 0 saturated carbocycles. The number of fused-ring (bicyclic) bond motifs is 1. The topological polar surface area (TPSA) is 54.7 Å². The van der Waals surface area contributed by atoms with Crippen LogP contribution in [0.2, 0.25) is 0 Å². The van der Waals surface area contributed by atoms with Crippen LogP contribution in [0.3, 0.4) is 0 Å². The number of aromatic nitrogens is 2. The molecule has 0 aliphatic carbocycles. The summed E-state index contributed by atoms with van der Waals surface area (Å²) >= 11 is 0. The number of hydrogen-bond donors (Lipinski definition) is 2. The van der Waals surface area contributed by atoms with Crippen LogP contribution < -0.4 is 5.73 Å². The molecule has 3 rings (SSSR count).